The number of nitrogens with one attached hydrogen (secondary N) is 2. The molecule has 0 aliphatic carbocycles. The number of methoxy groups -OCH3 is 1. The summed E-state index contributed by atoms with van der Waals surface area (Å²) in [6.45, 7) is 9.83. The van der Waals surface area contributed by atoms with Crippen molar-refractivity contribution in [2.45, 2.75) is 45.3 Å². The normalized spacial score (nSPS) is 16.5. The van der Waals surface area contributed by atoms with Gasteiger partial charge in [0.05, 0.1) is 31.5 Å². The summed E-state index contributed by atoms with van der Waals surface area (Å²) >= 11 is 0. The molecule has 0 bridgehead atoms. The van der Waals surface area contributed by atoms with E-state index >= 15 is 0 Å². The number of aliphatic hydroxyl groups excluding tert-OH is 1. The maximum Gasteiger partial charge on any atom is 0.255 e. The van der Waals surface area contributed by atoms with Gasteiger partial charge in [0.25, 0.3) is 5.91 Å². The lowest BCUT2D eigenvalue weighted by Gasteiger charge is -2.27. The Morgan fingerprint density at radius 3 is 2.49 bits per heavy atom. The van der Waals surface area contributed by atoms with E-state index in [0.29, 0.717) is 44.0 Å². The monoisotopic (exact) mass is 594 g/mol. The Kier molecular flexibility index (Phi) is 20.2. The van der Waals surface area contributed by atoms with Gasteiger partial charge in [0, 0.05) is 64.8 Å². The van der Waals surface area contributed by atoms with Crippen LogP contribution in [0, 0.1) is 11.8 Å². The summed E-state index contributed by atoms with van der Waals surface area (Å²) in [5, 5.41) is 16.5. The van der Waals surface area contributed by atoms with Crippen molar-refractivity contribution in [1.29, 1.82) is 0 Å². The minimum atomic E-state index is -0.806. The summed E-state index contributed by atoms with van der Waals surface area (Å²) in [6.07, 6.45) is 0.733. The molecule has 1 aromatic carbocycles. The number of hydrogen-bond donors (Lipinski definition) is 4. The van der Waals surface area contributed by atoms with Crippen molar-refractivity contribution in [3.05, 3.63) is 29.8 Å². The van der Waals surface area contributed by atoms with Crippen LogP contribution in [0.15, 0.2) is 24.3 Å². The molecule has 226 valence electrons. The van der Waals surface area contributed by atoms with Gasteiger partial charge in [-0.1, -0.05) is 26.0 Å². The van der Waals surface area contributed by atoms with Crippen LogP contribution in [0.2, 0.25) is 0 Å². The van der Waals surface area contributed by atoms with E-state index in [0.717, 1.165) is 39.3 Å². The highest BCUT2D eigenvalue weighted by Gasteiger charge is 2.24. The molecule has 2 rings (SSSR count). The molecular weight excluding hydrogens is 547 g/mol. The van der Waals surface area contributed by atoms with Crippen LogP contribution in [-0.2, 0) is 14.3 Å². The molecule has 1 heterocycles. The number of benzene rings is 1. The van der Waals surface area contributed by atoms with Gasteiger partial charge < -0.3 is 35.7 Å². The average molecular weight is 596 g/mol. The molecule has 5 N–H and O–H groups in total. The van der Waals surface area contributed by atoms with Crippen LogP contribution in [0.1, 0.15) is 43.5 Å². The number of para-hydroxylation sites is 1. The number of ether oxygens (including phenoxy) is 3. The Balaban J connectivity index is 0.00000722. The molecule has 10 nitrogen and oxygen atoms in total. The molecule has 1 aliphatic heterocycles. The van der Waals surface area contributed by atoms with Crippen LogP contribution in [0.25, 0.3) is 0 Å². The second kappa shape index (κ2) is 21.1. The minimum absolute atomic E-state index is 0. The number of nitrogens with two attached hydrogens (primary N) is 1. The zero-order valence-electron chi connectivity index (χ0n) is 23.4. The van der Waals surface area contributed by atoms with Crippen LogP contribution in [0.5, 0.6) is 5.75 Å². The van der Waals surface area contributed by atoms with E-state index in [2.05, 4.69) is 15.5 Å². The van der Waals surface area contributed by atoms with E-state index in [1.54, 1.807) is 32.2 Å². The first-order valence-corrected chi connectivity index (χ1v) is 13.3. The van der Waals surface area contributed by atoms with Crippen molar-refractivity contribution in [1.82, 2.24) is 15.5 Å². The van der Waals surface area contributed by atoms with Gasteiger partial charge in [-0.25, -0.2) is 0 Å². The predicted octanol–water partition coefficient (Wildman–Crippen LogP) is 1.86. The Morgan fingerprint density at radius 2 is 1.79 bits per heavy atom. The topological polar surface area (TPSA) is 135 Å². The van der Waals surface area contributed by atoms with Crippen LogP contribution in [-0.4, -0.2) is 100 Å². The molecule has 4 atom stereocenters. The Bertz CT molecular complexity index is 816. The summed E-state index contributed by atoms with van der Waals surface area (Å²) < 4.78 is 16.1. The molecule has 12 heteroatoms. The fourth-order valence-electron chi connectivity index (χ4n) is 4.21. The van der Waals surface area contributed by atoms with Gasteiger partial charge in [0.1, 0.15) is 5.75 Å². The molecular formula is C27H48Cl2N4O6. The molecule has 2 amide bonds. The van der Waals surface area contributed by atoms with Gasteiger partial charge in [0.2, 0.25) is 5.91 Å². The first-order valence-electron chi connectivity index (χ1n) is 13.3. The van der Waals surface area contributed by atoms with Crippen molar-refractivity contribution in [2.75, 3.05) is 66.3 Å². The molecule has 1 fully saturated rings. The second-order valence-electron chi connectivity index (χ2n) is 9.85. The van der Waals surface area contributed by atoms with Gasteiger partial charge in [-0.05, 0) is 30.9 Å². The third-order valence-corrected chi connectivity index (χ3v) is 6.54. The van der Waals surface area contributed by atoms with Crippen LogP contribution in [0.4, 0.5) is 0 Å². The van der Waals surface area contributed by atoms with E-state index < -0.39 is 12.1 Å². The standard InChI is InChI=1S/C27H46N4O6.2ClH/c1-20(19-30-27(34)22-7-4-5-8-25(22)37-14-6-13-35-3)17-23(28)24(32)18-21(2)26(33)29-9-10-31-11-15-36-16-12-31;;/h4-5,7-8,20-21,23-24,32H,6,9-19,28H2,1-3H3,(H,29,33)(H,30,34);2*1H/t20-,21+,23-,24-;;/m0../s1. The van der Waals surface area contributed by atoms with Crippen molar-refractivity contribution in [3.8, 4) is 5.75 Å². The summed E-state index contributed by atoms with van der Waals surface area (Å²) in [5.74, 6) is -0.0659. The third-order valence-electron chi connectivity index (χ3n) is 6.54. The van der Waals surface area contributed by atoms with E-state index in [4.69, 9.17) is 19.9 Å². The van der Waals surface area contributed by atoms with Crippen molar-refractivity contribution in [2.24, 2.45) is 17.6 Å². The number of halogens is 2. The number of nitrogens with zero attached hydrogens (tertiary/aromatic N) is 1. The van der Waals surface area contributed by atoms with E-state index in [1.807, 2.05) is 13.0 Å². The summed E-state index contributed by atoms with van der Waals surface area (Å²) in [6, 6.07) is 6.64. The number of amides is 2. The number of hydrogen-bond acceptors (Lipinski definition) is 8. The summed E-state index contributed by atoms with van der Waals surface area (Å²) in [4.78, 5) is 27.4. The third kappa shape index (κ3) is 14.5. The predicted molar refractivity (Wildman–Crippen MR) is 157 cm³/mol. The first-order chi connectivity index (χ1) is 17.8. The van der Waals surface area contributed by atoms with Crippen molar-refractivity contribution in [3.63, 3.8) is 0 Å². The van der Waals surface area contributed by atoms with Gasteiger partial charge in [0.15, 0.2) is 0 Å². The highest BCUT2D eigenvalue weighted by Crippen LogP contribution is 2.19. The number of carbonyl (C=O) groups is 2. The second-order valence-corrected chi connectivity index (χ2v) is 9.85. The molecule has 1 aliphatic rings. The average Bonchev–Trinajstić information content (AvgIpc) is 2.90. The smallest absolute Gasteiger partial charge is 0.255 e. The molecule has 1 saturated heterocycles. The van der Waals surface area contributed by atoms with Gasteiger partial charge >= 0.3 is 0 Å². The SMILES string of the molecule is COCCCOc1ccccc1C(=O)NC[C@@H](C)C[C@H](N)[C@@H](O)C[C@@H](C)C(=O)NCCN1CCOCC1.Cl.Cl. The maximum atomic E-state index is 12.7. The van der Waals surface area contributed by atoms with Crippen LogP contribution >= 0.6 is 24.8 Å². The molecule has 1 aromatic rings. The van der Waals surface area contributed by atoms with Crippen LogP contribution in [0.3, 0.4) is 0 Å². The van der Waals surface area contributed by atoms with Crippen molar-refractivity contribution >= 4 is 36.6 Å². The number of aliphatic hydroxyl groups is 1. The van der Waals surface area contributed by atoms with Gasteiger partial charge in [-0.15, -0.1) is 24.8 Å². The van der Waals surface area contributed by atoms with Crippen molar-refractivity contribution < 1.29 is 28.9 Å². The highest BCUT2D eigenvalue weighted by atomic mass is 35.5. The molecule has 0 saturated carbocycles. The number of carbonyl (C=O) groups excluding carboxylic acids is 2. The van der Waals surface area contributed by atoms with E-state index in [1.165, 1.54) is 0 Å². The summed E-state index contributed by atoms with van der Waals surface area (Å²) in [5.41, 5.74) is 6.72. The molecule has 0 radical (unpaired) electrons. The number of morpholine rings is 1. The lowest BCUT2D eigenvalue weighted by atomic mass is 9.92. The maximum absolute atomic E-state index is 12.7. The largest absolute Gasteiger partial charge is 0.493 e. The molecule has 0 unspecified atom stereocenters. The van der Waals surface area contributed by atoms with E-state index in [9.17, 15) is 14.7 Å². The lowest BCUT2D eigenvalue weighted by Crippen LogP contribution is -2.43. The Hall–Kier alpha value is -1.66. The Labute approximate surface area is 245 Å². The lowest BCUT2D eigenvalue weighted by molar-refractivity contribution is -0.125. The molecule has 39 heavy (non-hydrogen) atoms. The molecule has 0 spiro atoms. The van der Waals surface area contributed by atoms with Gasteiger partial charge in [-0.2, -0.15) is 0 Å². The highest BCUT2D eigenvalue weighted by molar-refractivity contribution is 5.96. The molecule has 0 aromatic heterocycles. The Morgan fingerprint density at radius 1 is 1.10 bits per heavy atom. The zero-order chi connectivity index (χ0) is 27.0. The zero-order valence-corrected chi connectivity index (χ0v) is 25.1. The fraction of sp³-hybridized carbons (Fsp3) is 0.704. The quantitative estimate of drug-likeness (QED) is 0.201. The minimum Gasteiger partial charge on any atom is -0.493 e. The van der Waals surface area contributed by atoms with Crippen LogP contribution < -0.4 is 21.1 Å². The van der Waals surface area contributed by atoms with E-state index in [-0.39, 0.29) is 54.9 Å². The van der Waals surface area contributed by atoms with Gasteiger partial charge in [-0.3, -0.25) is 14.5 Å². The first kappa shape index (κ1) is 37.3. The fourth-order valence-corrected chi connectivity index (χ4v) is 4.21. The summed E-state index contributed by atoms with van der Waals surface area (Å²) in [7, 11) is 1.64. The number of rotatable bonds is 17.